The number of carbonyl (C=O) groups is 1. The lowest BCUT2D eigenvalue weighted by atomic mass is 9.89. The molecule has 2 N–H and O–H groups in total. The molecule has 1 saturated heterocycles. The lowest BCUT2D eigenvalue weighted by Gasteiger charge is -2.41. The Balaban J connectivity index is 2.03. The highest BCUT2D eigenvalue weighted by molar-refractivity contribution is 7.88. The molecule has 146 valence electrons. The van der Waals surface area contributed by atoms with Crippen molar-refractivity contribution in [2.24, 2.45) is 5.92 Å². The van der Waals surface area contributed by atoms with Gasteiger partial charge in [-0.2, -0.15) is 0 Å². The van der Waals surface area contributed by atoms with Crippen molar-refractivity contribution in [3.63, 3.8) is 0 Å². The summed E-state index contributed by atoms with van der Waals surface area (Å²) in [4.78, 5) is 14.1. The van der Waals surface area contributed by atoms with Crippen LogP contribution in [0.5, 0.6) is 0 Å². The molecule has 0 spiro atoms. The molecule has 1 aliphatic heterocycles. The third-order valence-corrected chi connectivity index (χ3v) is 5.93. The van der Waals surface area contributed by atoms with Crippen LogP contribution in [0.3, 0.4) is 0 Å². The highest BCUT2D eigenvalue weighted by atomic mass is 32.2. The largest absolute Gasteiger partial charge is 0.376 e. The minimum Gasteiger partial charge on any atom is -0.376 e. The van der Waals surface area contributed by atoms with Gasteiger partial charge in [0.05, 0.1) is 25.0 Å². The van der Waals surface area contributed by atoms with E-state index in [1.165, 1.54) is 19.1 Å². The van der Waals surface area contributed by atoms with Crippen LogP contribution in [-0.2, 0) is 14.8 Å². The summed E-state index contributed by atoms with van der Waals surface area (Å²) in [5.41, 5.74) is 0. The lowest BCUT2D eigenvalue weighted by molar-refractivity contribution is -0.0202. The summed E-state index contributed by atoms with van der Waals surface area (Å²) in [7, 11) is -3.33. The Labute approximate surface area is 151 Å². The topological polar surface area (TPSA) is 87.7 Å². The Morgan fingerprint density at radius 1 is 1.20 bits per heavy atom. The van der Waals surface area contributed by atoms with E-state index in [1.807, 2.05) is 6.92 Å². The highest BCUT2D eigenvalue weighted by Gasteiger charge is 2.36. The molecule has 0 aromatic heterocycles. The first kappa shape index (κ1) is 20.5. The van der Waals surface area contributed by atoms with E-state index in [-0.39, 0.29) is 24.2 Å². The molecule has 1 aliphatic carbocycles. The zero-order chi connectivity index (χ0) is 18.4. The summed E-state index contributed by atoms with van der Waals surface area (Å²) in [5, 5.41) is 2.83. The lowest BCUT2D eigenvalue weighted by Crippen LogP contribution is -2.60. The third kappa shape index (κ3) is 6.42. The van der Waals surface area contributed by atoms with Gasteiger partial charge in [-0.25, -0.2) is 17.9 Å². The number of urea groups is 1. The molecule has 0 unspecified atom stereocenters. The monoisotopic (exact) mass is 375 g/mol. The summed E-state index contributed by atoms with van der Waals surface area (Å²) < 4.78 is 32.3. The van der Waals surface area contributed by atoms with Crippen molar-refractivity contribution in [1.82, 2.24) is 14.9 Å². The van der Waals surface area contributed by atoms with E-state index in [4.69, 9.17) is 4.74 Å². The van der Waals surface area contributed by atoms with Gasteiger partial charge in [0.1, 0.15) is 0 Å². The average molecular weight is 376 g/mol. The molecule has 2 atom stereocenters. The van der Waals surface area contributed by atoms with Crippen molar-refractivity contribution >= 4 is 16.1 Å². The first-order valence-electron chi connectivity index (χ1n) is 9.43. The number of nitrogens with one attached hydrogen (secondary N) is 2. The van der Waals surface area contributed by atoms with Crippen molar-refractivity contribution in [3.8, 4) is 0 Å². The van der Waals surface area contributed by atoms with Crippen molar-refractivity contribution < 1.29 is 17.9 Å². The number of amides is 2. The van der Waals surface area contributed by atoms with Crippen molar-refractivity contribution in [2.75, 3.05) is 26.0 Å². The summed E-state index contributed by atoms with van der Waals surface area (Å²) in [5.74, 6) is 0.751. The van der Waals surface area contributed by atoms with Gasteiger partial charge in [-0.3, -0.25) is 0 Å². The van der Waals surface area contributed by atoms with Crippen molar-refractivity contribution in [1.29, 1.82) is 0 Å². The summed E-state index contributed by atoms with van der Waals surface area (Å²) in [6, 6.07) is -0.711. The van der Waals surface area contributed by atoms with E-state index in [9.17, 15) is 13.2 Å². The summed E-state index contributed by atoms with van der Waals surface area (Å²) in [6.45, 7) is 5.70. The number of hydrogen-bond donors (Lipinski definition) is 2. The molecule has 1 saturated carbocycles. The number of likely N-dealkylation sites (tertiary alicyclic amines) is 1. The standard InChI is InChI=1S/C17H33N3O4S/c1-4-18-17(21)20-11-5-6-15(19-25(3,22)23)16(20)12-24-14-9-7-13(2)8-10-14/h13-16,19H,4-12H2,1-3H3,(H,18,21)/t13?,14?,15-,16-/m0/s1. The smallest absolute Gasteiger partial charge is 0.317 e. The summed E-state index contributed by atoms with van der Waals surface area (Å²) in [6.07, 6.45) is 7.30. The Morgan fingerprint density at radius 3 is 2.48 bits per heavy atom. The predicted octanol–water partition coefficient (Wildman–Crippen LogP) is 1.69. The molecule has 2 amide bonds. The van der Waals surface area contributed by atoms with Crippen LogP contribution < -0.4 is 10.0 Å². The van der Waals surface area contributed by atoms with Gasteiger partial charge in [0.25, 0.3) is 0 Å². The van der Waals surface area contributed by atoms with E-state index >= 15 is 0 Å². The van der Waals surface area contributed by atoms with Crippen LogP contribution in [0.25, 0.3) is 0 Å². The second kappa shape index (κ2) is 9.19. The average Bonchev–Trinajstić information content (AvgIpc) is 2.54. The van der Waals surface area contributed by atoms with Crippen LogP contribution in [0.4, 0.5) is 4.79 Å². The molecule has 0 radical (unpaired) electrons. The van der Waals surface area contributed by atoms with E-state index < -0.39 is 10.0 Å². The number of hydrogen-bond acceptors (Lipinski definition) is 4. The molecule has 25 heavy (non-hydrogen) atoms. The van der Waals surface area contributed by atoms with Gasteiger partial charge in [0, 0.05) is 19.1 Å². The number of piperidine rings is 1. The highest BCUT2D eigenvalue weighted by Crippen LogP contribution is 2.27. The van der Waals surface area contributed by atoms with Gasteiger partial charge in [-0.05, 0) is 51.4 Å². The molecule has 1 heterocycles. The fraction of sp³-hybridized carbons (Fsp3) is 0.941. The Kier molecular flexibility index (Phi) is 7.51. The normalized spacial score (nSPS) is 30.9. The molecule has 2 fully saturated rings. The van der Waals surface area contributed by atoms with Crippen LogP contribution in [0.2, 0.25) is 0 Å². The van der Waals surface area contributed by atoms with Crippen LogP contribution in [0, 0.1) is 5.92 Å². The van der Waals surface area contributed by atoms with Crippen molar-refractivity contribution in [2.45, 2.75) is 70.6 Å². The summed E-state index contributed by atoms with van der Waals surface area (Å²) >= 11 is 0. The molecule has 2 rings (SSSR count). The van der Waals surface area contributed by atoms with Crippen LogP contribution >= 0.6 is 0 Å². The molecular weight excluding hydrogens is 342 g/mol. The number of ether oxygens (including phenoxy) is 1. The van der Waals surface area contributed by atoms with Gasteiger partial charge in [0.15, 0.2) is 0 Å². The Hall–Kier alpha value is -0.860. The second-order valence-corrected chi connectivity index (χ2v) is 9.23. The van der Waals surface area contributed by atoms with E-state index in [2.05, 4.69) is 17.0 Å². The number of carbonyl (C=O) groups excluding carboxylic acids is 1. The van der Waals surface area contributed by atoms with E-state index in [1.54, 1.807) is 4.90 Å². The molecule has 0 aromatic carbocycles. The molecule has 2 aliphatic rings. The van der Waals surface area contributed by atoms with Crippen LogP contribution in [0.1, 0.15) is 52.4 Å². The van der Waals surface area contributed by atoms with E-state index in [0.29, 0.717) is 19.7 Å². The molecular formula is C17H33N3O4S. The van der Waals surface area contributed by atoms with E-state index in [0.717, 1.165) is 31.6 Å². The Morgan fingerprint density at radius 2 is 1.88 bits per heavy atom. The Bertz CT molecular complexity index is 532. The maximum Gasteiger partial charge on any atom is 0.317 e. The maximum atomic E-state index is 12.4. The fourth-order valence-corrected chi connectivity index (χ4v) is 4.64. The second-order valence-electron chi connectivity index (χ2n) is 7.45. The minimum atomic E-state index is -3.33. The molecule has 7 nitrogen and oxygen atoms in total. The molecule has 0 bridgehead atoms. The minimum absolute atomic E-state index is 0.145. The first-order chi connectivity index (χ1) is 11.8. The number of rotatable bonds is 6. The predicted molar refractivity (Wildman–Crippen MR) is 97.9 cm³/mol. The number of sulfonamides is 1. The quantitative estimate of drug-likeness (QED) is 0.740. The maximum absolute atomic E-state index is 12.4. The van der Waals surface area contributed by atoms with Crippen LogP contribution in [0.15, 0.2) is 0 Å². The third-order valence-electron chi connectivity index (χ3n) is 5.20. The molecule has 8 heteroatoms. The van der Waals surface area contributed by atoms with Gasteiger partial charge in [0.2, 0.25) is 10.0 Å². The SMILES string of the molecule is CCNC(=O)N1CCC[C@H](NS(C)(=O)=O)[C@@H]1COC1CCC(C)CC1. The van der Waals surface area contributed by atoms with Gasteiger partial charge >= 0.3 is 6.03 Å². The zero-order valence-corrected chi connectivity index (χ0v) is 16.5. The van der Waals surface area contributed by atoms with Gasteiger partial charge in [-0.15, -0.1) is 0 Å². The van der Waals surface area contributed by atoms with Crippen LogP contribution in [-0.4, -0.2) is 63.5 Å². The zero-order valence-electron chi connectivity index (χ0n) is 15.7. The van der Waals surface area contributed by atoms with Gasteiger partial charge < -0.3 is 15.0 Å². The number of nitrogens with zero attached hydrogens (tertiary/aromatic N) is 1. The fourth-order valence-electron chi connectivity index (χ4n) is 3.81. The molecule has 0 aromatic rings. The first-order valence-corrected chi connectivity index (χ1v) is 11.3. The van der Waals surface area contributed by atoms with Crippen molar-refractivity contribution in [3.05, 3.63) is 0 Å². The van der Waals surface area contributed by atoms with Gasteiger partial charge in [-0.1, -0.05) is 6.92 Å².